The molecule has 9 nitrogen and oxygen atoms in total. The van der Waals surface area contributed by atoms with Gasteiger partial charge < -0.3 is 15.0 Å². The third-order valence-electron chi connectivity index (χ3n) is 2.60. The van der Waals surface area contributed by atoms with Gasteiger partial charge in [0.15, 0.2) is 0 Å². The van der Waals surface area contributed by atoms with E-state index in [0.717, 1.165) is 0 Å². The number of carbonyl (C=O) groups excluding carboxylic acids is 1. The van der Waals surface area contributed by atoms with Gasteiger partial charge in [0.1, 0.15) is 0 Å². The second-order valence-corrected chi connectivity index (χ2v) is 3.91. The molecule has 0 spiro atoms. The first kappa shape index (κ1) is 13.3. The summed E-state index contributed by atoms with van der Waals surface area (Å²) in [5.74, 6) is 6.03. The molecule has 1 fully saturated rings. The van der Waals surface area contributed by atoms with Crippen LogP contribution in [0, 0.1) is 0 Å². The van der Waals surface area contributed by atoms with E-state index in [9.17, 15) is 4.79 Å². The molecule has 0 radical (unpaired) electrons. The van der Waals surface area contributed by atoms with E-state index in [4.69, 9.17) is 10.6 Å². The molecule has 0 unspecified atom stereocenters. The SMILES string of the molecule is CCOc1nc(NN)nc(N2CCNC(=O)CC2)n1. The lowest BCUT2D eigenvalue weighted by Gasteiger charge is -2.19. The molecule has 1 aliphatic rings. The highest BCUT2D eigenvalue weighted by atomic mass is 16.5. The summed E-state index contributed by atoms with van der Waals surface area (Å²) in [4.78, 5) is 25.6. The summed E-state index contributed by atoms with van der Waals surface area (Å²) in [5.41, 5.74) is 2.38. The Balaban J connectivity index is 2.21. The van der Waals surface area contributed by atoms with Crippen molar-refractivity contribution < 1.29 is 9.53 Å². The van der Waals surface area contributed by atoms with Crippen molar-refractivity contribution in [3.8, 4) is 6.01 Å². The second-order valence-electron chi connectivity index (χ2n) is 3.91. The van der Waals surface area contributed by atoms with Crippen LogP contribution in [0.15, 0.2) is 0 Å². The average Bonchev–Trinajstić information content (AvgIpc) is 2.63. The molecule has 2 heterocycles. The van der Waals surface area contributed by atoms with Gasteiger partial charge in [0.05, 0.1) is 6.61 Å². The average molecular weight is 267 g/mol. The van der Waals surface area contributed by atoms with Gasteiger partial charge in [0.2, 0.25) is 17.8 Å². The van der Waals surface area contributed by atoms with E-state index >= 15 is 0 Å². The maximum Gasteiger partial charge on any atom is 0.323 e. The fraction of sp³-hybridized carbons (Fsp3) is 0.600. The van der Waals surface area contributed by atoms with Gasteiger partial charge >= 0.3 is 6.01 Å². The largest absolute Gasteiger partial charge is 0.464 e. The van der Waals surface area contributed by atoms with Crippen LogP contribution in [0.3, 0.4) is 0 Å². The Kier molecular flexibility index (Phi) is 4.29. The van der Waals surface area contributed by atoms with Gasteiger partial charge in [-0.3, -0.25) is 10.2 Å². The molecule has 4 N–H and O–H groups in total. The Morgan fingerprint density at radius 2 is 2.26 bits per heavy atom. The van der Waals surface area contributed by atoms with Gasteiger partial charge in [-0.25, -0.2) is 5.84 Å². The maximum atomic E-state index is 11.3. The number of ether oxygens (including phenoxy) is 1. The Morgan fingerprint density at radius 1 is 1.42 bits per heavy atom. The number of anilines is 2. The molecule has 19 heavy (non-hydrogen) atoms. The topological polar surface area (TPSA) is 118 Å². The molecule has 0 saturated carbocycles. The number of nitrogens with zero attached hydrogens (tertiary/aromatic N) is 4. The van der Waals surface area contributed by atoms with Crippen LogP contribution < -0.4 is 26.2 Å². The standard InChI is InChI=1S/C10H17N7O2/c1-2-19-10-14-8(16-11)13-9(15-10)17-5-3-7(18)12-4-6-17/h2-6,11H2,1H3,(H,12,18)(H,13,14,15,16). The first-order valence-corrected chi connectivity index (χ1v) is 6.10. The van der Waals surface area contributed by atoms with E-state index in [1.54, 1.807) is 0 Å². The minimum atomic E-state index is 0.0266. The lowest BCUT2D eigenvalue weighted by molar-refractivity contribution is -0.120. The molecule has 0 bridgehead atoms. The number of amides is 1. The highest BCUT2D eigenvalue weighted by Crippen LogP contribution is 2.15. The zero-order valence-electron chi connectivity index (χ0n) is 10.7. The summed E-state index contributed by atoms with van der Waals surface area (Å²) < 4.78 is 5.27. The molecule has 1 saturated heterocycles. The molecular weight excluding hydrogens is 250 g/mol. The van der Waals surface area contributed by atoms with Crippen molar-refractivity contribution in [2.45, 2.75) is 13.3 Å². The fourth-order valence-corrected chi connectivity index (χ4v) is 1.71. The quantitative estimate of drug-likeness (QED) is 0.464. The number of hydrogen-bond donors (Lipinski definition) is 3. The molecule has 1 aromatic heterocycles. The number of rotatable bonds is 4. The first-order chi connectivity index (χ1) is 9.22. The zero-order chi connectivity index (χ0) is 13.7. The number of nitrogen functional groups attached to an aromatic ring is 1. The molecule has 0 aromatic carbocycles. The molecule has 2 rings (SSSR count). The smallest absolute Gasteiger partial charge is 0.323 e. The predicted octanol–water partition coefficient (Wildman–Crippen LogP) is -1.12. The lowest BCUT2D eigenvalue weighted by atomic mass is 10.4. The number of carbonyl (C=O) groups is 1. The van der Waals surface area contributed by atoms with Crippen molar-refractivity contribution in [2.24, 2.45) is 5.84 Å². The van der Waals surface area contributed by atoms with Crippen LogP contribution in [0.2, 0.25) is 0 Å². The van der Waals surface area contributed by atoms with Crippen molar-refractivity contribution in [1.82, 2.24) is 20.3 Å². The summed E-state index contributed by atoms with van der Waals surface area (Å²) >= 11 is 0. The highest BCUT2D eigenvalue weighted by Gasteiger charge is 2.18. The van der Waals surface area contributed by atoms with E-state index in [1.165, 1.54) is 0 Å². The zero-order valence-corrected chi connectivity index (χ0v) is 10.7. The summed E-state index contributed by atoms with van der Waals surface area (Å²) in [5, 5.41) is 2.79. The minimum absolute atomic E-state index is 0.0266. The van der Waals surface area contributed by atoms with Gasteiger partial charge in [-0.1, -0.05) is 0 Å². The van der Waals surface area contributed by atoms with Gasteiger partial charge in [-0.2, -0.15) is 15.0 Å². The van der Waals surface area contributed by atoms with Crippen molar-refractivity contribution in [3.05, 3.63) is 0 Å². The Bertz CT molecular complexity index is 454. The van der Waals surface area contributed by atoms with Gasteiger partial charge in [-0.05, 0) is 6.92 Å². The lowest BCUT2D eigenvalue weighted by Crippen LogP contribution is -2.30. The van der Waals surface area contributed by atoms with Crippen molar-refractivity contribution in [2.75, 3.05) is 36.6 Å². The first-order valence-electron chi connectivity index (χ1n) is 6.10. The Hall–Kier alpha value is -2.16. The molecule has 9 heteroatoms. The molecular formula is C10H17N7O2. The van der Waals surface area contributed by atoms with Crippen LogP contribution in [-0.2, 0) is 4.79 Å². The van der Waals surface area contributed by atoms with E-state index < -0.39 is 0 Å². The van der Waals surface area contributed by atoms with Crippen LogP contribution in [0.1, 0.15) is 13.3 Å². The van der Waals surface area contributed by atoms with Crippen LogP contribution in [-0.4, -0.2) is 47.1 Å². The van der Waals surface area contributed by atoms with Crippen LogP contribution in [0.4, 0.5) is 11.9 Å². The molecule has 1 amide bonds. The molecule has 104 valence electrons. The summed E-state index contributed by atoms with van der Waals surface area (Å²) in [6, 6.07) is 0.212. The van der Waals surface area contributed by atoms with Crippen LogP contribution in [0.5, 0.6) is 6.01 Å². The van der Waals surface area contributed by atoms with E-state index in [1.807, 2.05) is 11.8 Å². The van der Waals surface area contributed by atoms with Gasteiger partial charge in [0.25, 0.3) is 0 Å². The van der Waals surface area contributed by atoms with Gasteiger partial charge in [-0.15, -0.1) is 0 Å². The van der Waals surface area contributed by atoms with Crippen LogP contribution in [0.25, 0.3) is 0 Å². The summed E-state index contributed by atoms with van der Waals surface area (Å²) in [6.45, 7) is 4.03. The predicted molar refractivity (Wildman–Crippen MR) is 68.6 cm³/mol. The van der Waals surface area contributed by atoms with E-state index in [0.29, 0.717) is 38.6 Å². The monoisotopic (exact) mass is 267 g/mol. The number of hydrazine groups is 1. The van der Waals surface area contributed by atoms with Gasteiger partial charge in [0, 0.05) is 26.1 Å². The number of nitrogens with one attached hydrogen (secondary N) is 2. The number of hydrogen-bond acceptors (Lipinski definition) is 8. The number of aromatic nitrogens is 3. The molecule has 0 aliphatic carbocycles. The second kappa shape index (κ2) is 6.14. The minimum Gasteiger partial charge on any atom is -0.464 e. The molecule has 1 aromatic rings. The van der Waals surface area contributed by atoms with Crippen LogP contribution >= 0.6 is 0 Å². The summed E-state index contributed by atoms with van der Waals surface area (Å²) in [7, 11) is 0. The van der Waals surface area contributed by atoms with E-state index in [-0.39, 0.29) is 17.9 Å². The molecule has 1 aliphatic heterocycles. The van der Waals surface area contributed by atoms with Crippen molar-refractivity contribution in [1.29, 1.82) is 0 Å². The highest BCUT2D eigenvalue weighted by molar-refractivity contribution is 5.77. The Labute approximate surface area is 110 Å². The summed E-state index contributed by atoms with van der Waals surface area (Å²) in [6.07, 6.45) is 0.404. The third kappa shape index (κ3) is 3.41. The molecule has 0 atom stereocenters. The normalized spacial score (nSPS) is 15.7. The third-order valence-corrected chi connectivity index (χ3v) is 2.60. The Morgan fingerprint density at radius 3 is 3.00 bits per heavy atom. The fourth-order valence-electron chi connectivity index (χ4n) is 1.71. The maximum absolute atomic E-state index is 11.3. The van der Waals surface area contributed by atoms with Crippen molar-refractivity contribution >= 4 is 17.8 Å². The van der Waals surface area contributed by atoms with E-state index in [2.05, 4.69) is 25.7 Å². The number of nitrogens with two attached hydrogens (primary N) is 1. The van der Waals surface area contributed by atoms with Crippen molar-refractivity contribution in [3.63, 3.8) is 0 Å².